The number of ether oxygens (including phenoxy) is 2. The molecule has 2 N–H and O–H groups in total. The maximum atomic E-state index is 12.6. The van der Waals surface area contributed by atoms with E-state index in [2.05, 4.69) is 15.6 Å². The Kier molecular flexibility index (Phi) is 5.94. The molecule has 3 rings (SSSR count). The molecule has 1 amide bonds. The SMILES string of the molecule is COc1ccc(NC(=O)c2ccnc(NC3CCCCC3)c2)cc1OC. The first-order valence-corrected chi connectivity index (χ1v) is 8.95. The van der Waals surface area contributed by atoms with Gasteiger partial charge in [0.1, 0.15) is 5.82 Å². The Labute approximate surface area is 153 Å². The van der Waals surface area contributed by atoms with E-state index in [1.807, 2.05) is 0 Å². The van der Waals surface area contributed by atoms with Crippen LogP contribution in [0.3, 0.4) is 0 Å². The van der Waals surface area contributed by atoms with Crippen molar-refractivity contribution < 1.29 is 14.3 Å². The Balaban J connectivity index is 1.68. The number of hydrogen-bond acceptors (Lipinski definition) is 5. The molecule has 0 aliphatic heterocycles. The summed E-state index contributed by atoms with van der Waals surface area (Å²) in [5.41, 5.74) is 1.21. The number of anilines is 2. The normalized spacial score (nSPS) is 14.5. The summed E-state index contributed by atoms with van der Waals surface area (Å²) in [5, 5.41) is 6.33. The predicted octanol–water partition coefficient (Wildman–Crippen LogP) is 4.10. The number of hydrogen-bond donors (Lipinski definition) is 2. The highest BCUT2D eigenvalue weighted by Gasteiger charge is 2.15. The highest BCUT2D eigenvalue weighted by atomic mass is 16.5. The number of amides is 1. The second-order valence-corrected chi connectivity index (χ2v) is 6.43. The van der Waals surface area contributed by atoms with Gasteiger partial charge in [-0.25, -0.2) is 4.98 Å². The second-order valence-electron chi connectivity index (χ2n) is 6.43. The fourth-order valence-corrected chi connectivity index (χ4v) is 3.22. The topological polar surface area (TPSA) is 72.5 Å². The number of nitrogens with zero attached hydrogens (tertiary/aromatic N) is 1. The lowest BCUT2D eigenvalue weighted by atomic mass is 9.95. The van der Waals surface area contributed by atoms with Crippen molar-refractivity contribution in [3.05, 3.63) is 42.1 Å². The van der Waals surface area contributed by atoms with Crippen LogP contribution in [0.5, 0.6) is 11.5 Å². The van der Waals surface area contributed by atoms with Gasteiger partial charge in [-0.3, -0.25) is 4.79 Å². The lowest BCUT2D eigenvalue weighted by Crippen LogP contribution is -2.23. The van der Waals surface area contributed by atoms with Crippen molar-refractivity contribution in [2.75, 3.05) is 24.9 Å². The monoisotopic (exact) mass is 355 g/mol. The zero-order chi connectivity index (χ0) is 18.4. The number of rotatable bonds is 6. The van der Waals surface area contributed by atoms with Gasteiger partial charge in [0, 0.05) is 29.6 Å². The fraction of sp³-hybridized carbons (Fsp3) is 0.400. The third-order valence-electron chi connectivity index (χ3n) is 4.62. The van der Waals surface area contributed by atoms with Gasteiger partial charge in [0.05, 0.1) is 14.2 Å². The molecule has 26 heavy (non-hydrogen) atoms. The molecule has 1 heterocycles. The van der Waals surface area contributed by atoms with E-state index in [0.717, 1.165) is 18.7 Å². The van der Waals surface area contributed by atoms with E-state index in [4.69, 9.17) is 9.47 Å². The van der Waals surface area contributed by atoms with Gasteiger partial charge in [-0.15, -0.1) is 0 Å². The van der Waals surface area contributed by atoms with Crippen LogP contribution in [0.1, 0.15) is 42.5 Å². The van der Waals surface area contributed by atoms with E-state index in [-0.39, 0.29) is 5.91 Å². The van der Waals surface area contributed by atoms with Crippen LogP contribution >= 0.6 is 0 Å². The average molecular weight is 355 g/mol. The first-order chi connectivity index (χ1) is 12.7. The molecule has 0 spiro atoms. The second kappa shape index (κ2) is 8.56. The van der Waals surface area contributed by atoms with Crippen molar-refractivity contribution in [1.82, 2.24) is 4.98 Å². The molecule has 1 aliphatic rings. The molecule has 1 aromatic carbocycles. The van der Waals surface area contributed by atoms with Crippen molar-refractivity contribution in [1.29, 1.82) is 0 Å². The van der Waals surface area contributed by atoms with E-state index in [9.17, 15) is 4.79 Å². The van der Waals surface area contributed by atoms with Crippen LogP contribution < -0.4 is 20.1 Å². The third kappa shape index (κ3) is 4.45. The Morgan fingerprint density at radius 2 is 1.81 bits per heavy atom. The first kappa shape index (κ1) is 18.0. The van der Waals surface area contributed by atoms with Crippen molar-refractivity contribution in [3.63, 3.8) is 0 Å². The Morgan fingerprint density at radius 1 is 1.04 bits per heavy atom. The number of methoxy groups -OCH3 is 2. The van der Waals surface area contributed by atoms with E-state index in [0.29, 0.717) is 28.8 Å². The van der Waals surface area contributed by atoms with E-state index >= 15 is 0 Å². The third-order valence-corrected chi connectivity index (χ3v) is 4.62. The summed E-state index contributed by atoms with van der Waals surface area (Å²) in [6, 6.07) is 9.23. The van der Waals surface area contributed by atoms with Crippen molar-refractivity contribution in [2.24, 2.45) is 0 Å². The minimum Gasteiger partial charge on any atom is -0.493 e. The van der Waals surface area contributed by atoms with Gasteiger partial charge in [-0.2, -0.15) is 0 Å². The van der Waals surface area contributed by atoms with Crippen LogP contribution in [0.4, 0.5) is 11.5 Å². The summed E-state index contributed by atoms with van der Waals surface area (Å²) in [5.74, 6) is 1.75. The minimum absolute atomic E-state index is 0.189. The molecule has 0 bridgehead atoms. The van der Waals surface area contributed by atoms with E-state index < -0.39 is 0 Å². The van der Waals surface area contributed by atoms with Crippen LogP contribution in [-0.2, 0) is 0 Å². The first-order valence-electron chi connectivity index (χ1n) is 8.95. The number of carbonyl (C=O) groups is 1. The summed E-state index contributed by atoms with van der Waals surface area (Å²) in [7, 11) is 3.14. The molecule has 6 heteroatoms. The molecule has 1 saturated carbocycles. The molecule has 1 fully saturated rings. The van der Waals surface area contributed by atoms with Gasteiger partial charge in [0.25, 0.3) is 5.91 Å². The summed E-state index contributed by atoms with van der Waals surface area (Å²) in [6.45, 7) is 0. The standard InChI is InChI=1S/C20H25N3O3/c1-25-17-9-8-16(13-18(17)26-2)23-20(24)14-10-11-21-19(12-14)22-15-6-4-3-5-7-15/h8-13,15H,3-7H2,1-2H3,(H,21,22)(H,23,24). The summed E-state index contributed by atoms with van der Waals surface area (Å²) < 4.78 is 10.5. The Morgan fingerprint density at radius 3 is 2.54 bits per heavy atom. The lowest BCUT2D eigenvalue weighted by molar-refractivity contribution is 0.102. The molecular formula is C20H25N3O3. The smallest absolute Gasteiger partial charge is 0.255 e. The molecule has 138 valence electrons. The van der Waals surface area contributed by atoms with Crippen LogP contribution in [0.25, 0.3) is 0 Å². The van der Waals surface area contributed by atoms with Gasteiger partial charge >= 0.3 is 0 Å². The highest BCUT2D eigenvalue weighted by Crippen LogP contribution is 2.30. The summed E-state index contributed by atoms with van der Waals surface area (Å²) >= 11 is 0. The maximum Gasteiger partial charge on any atom is 0.255 e. The van der Waals surface area contributed by atoms with Gasteiger partial charge in [0.15, 0.2) is 11.5 Å². The minimum atomic E-state index is -0.189. The Hall–Kier alpha value is -2.76. The van der Waals surface area contributed by atoms with Crippen molar-refractivity contribution >= 4 is 17.4 Å². The molecular weight excluding hydrogens is 330 g/mol. The van der Waals surface area contributed by atoms with Gasteiger partial charge < -0.3 is 20.1 Å². The highest BCUT2D eigenvalue weighted by molar-refractivity contribution is 6.04. The van der Waals surface area contributed by atoms with Crippen molar-refractivity contribution in [3.8, 4) is 11.5 Å². The van der Waals surface area contributed by atoms with Crippen LogP contribution in [0.2, 0.25) is 0 Å². The lowest BCUT2D eigenvalue weighted by Gasteiger charge is -2.23. The quantitative estimate of drug-likeness (QED) is 0.816. The molecule has 0 radical (unpaired) electrons. The van der Waals surface area contributed by atoms with Gasteiger partial charge in [-0.1, -0.05) is 19.3 Å². The molecule has 6 nitrogen and oxygen atoms in total. The fourth-order valence-electron chi connectivity index (χ4n) is 3.22. The number of nitrogens with one attached hydrogen (secondary N) is 2. The number of aromatic nitrogens is 1. The molecule has 0 saturated heterocycles. The molecule has 1 aliphatic carbocycles. The Bertz CT molecular complexity index is 758. The largest absolute Gasteiger partial charge is 0.493 e. The van der Waals surface area contributed by atoms with E-state index in [1.165, 1.54) is 19.3 Å². The maximum absolute atomic E-state index is 12.6. The number of carbonyl (C=O) groups excluding carboxylic acids is 1. The van der Waals surface area contributed by atoms with Crippen LogP contribution in [-0.4, -0.2) is 31.2 Å². The van der Waals surface area contributed by atoms with Crippen LogP contribution in [0.15, 0.2) is 36.5 Å². The number of benzene rings is 1. The van der Waals surface area contributed by atoms with Crippen molar-refractivity contribution in [2.45, 2.75) is 38.1 Å². The van der Waals surface area contributed by atoms with Crippen LogP contribution in [0, 0.1) is 0 Å². The van der Waals surface area contributed by atoms with Gasteiger partial charge in [-0.05, 0) is 37.1 Å². The summed E-state index contributed by atoms with van der Waals surface area (Å²) in [6.07, 6.45) is 7.77. The van der Waals surface area contributed by atoms with E-state index in [1.54, 1.807) is 50.7 Å². The predicted molar refractivity (Wildman–Crippen MR) is 102 cm³/mol. The zero-order valence-electron chi connectivity index (χ0n) is 15.2. The molecule has 1 aromatic heterocycles. The average Bonchev–Trinajstić information content (AvgIpc) is 2.69. The van der Waals surface area contributed by atoms with Gasteiger partial charge in [0.2, 0.25) is 0 Å². The molecule has 0 atom stereocenters. The zero-order valence-corrected chi connectivity index (χ0v) is 15.2. The number of pyridine rings is 1. The summed E-state index contributed by atoms with van der Waals surface area (Å²) in [4.78, 5) is 16.9. The molecule has 0 unspecified atom stereocenters. The molecule has 2 aromatic rings.